The van der Waals surface area contributed by atoms with Crippen molar-refractivity contribution < 1.29 is 9.32 Å². The van der Waals surface area contributed by atoms with Gasteiger partial charge in [0.2, 0.25) is 4.77 Å². The number of furan rings is 1. The van der Waals surface area contributed by atoms with Crippen LogP contribution >= 0.6 is 12.2 Å². The number of quaternary nitrogens is 1. The first-order chi connectivity index (χ1) is 14.1. The van der Waals surface area contributed by atoms with E-state index in [2.05, 4.69) is 50.4 Å². The van der Waals surface area contributed by atoms with E-state index in [-0.39, 0.29) is 0 Å². The van der Waals surface area contributed by atoms with Gasteiger partial charge in [0.05, 0.1) is 12.6 Å². The zero-order chi connectivity index (χ0) is 20.4. The van der Waals surface area contributed by atoms with E-state index in [9.17, 15) is 0 Å². The van der Waals surface area contributed by atoms with E-state index in [0.717, 1.165) is 41.3 Å². The molecule has 5 nitrogen and oxygen atoms in total. The van der Waals surface area contributed by atoms with Crippen molar-refractivity contribution in [2.75, 3.05) is 7.05 Å². The van der Waals surface area contributed by atoms with Gasteiger partial charge in [0.25, 0.3) is 0 Å². The molecule has 2 aromatic heterocycles. The van der Waals surface area contributed by atoms with Gasteiger partial charge in [-0.05, 0) is 23.8 Å². The molecule has 4 aromatic rings. The molecule has 1 atom stereocenters. The van der Waals surface area contributed by atoms with E-state index in [0.29, 0.717) is 6.67 Å². The topological polar surface area (TPSA) is 40.3 Å². The highest BCUT2D eigenvalue weighted by Gasteiger charge is 2.18. The fourth-order valence-corrected chi connectivity index (χ4v) is 4.02. The minimum Gasteiger partial charge on any atom is -0.461 e. The van der Waals surface area contributed by atoms with Crippen LogP contribution in [0.2, 0.25) is 0 Å². The maximum Gasteiger partial charge on any atom is 0.202 e. The van der Waals surface area contributed by atoms with E-state index in [1.54, 1.807) is 0 Å². The van der Waals surface area contributed by atoms with Crippen molar-refractivity contribution in [2.45, 2.75) is 33.0 Å². The van der Waals surface area contributed by atoms with Gasteiger partial charge in [0.15, 0.2) is 6.67 Å². The van der Waals surface area contributed by atoms with Crippen LogP contribution in [0.4, 0.5) is 0 Å². The number of aromatic nitrogens is 3. The Kier molecular flexibility index (Phi) is 5.65. The van der Waals surface area contributed by atoms with Gasteiger partial charge in [0, 0.05) is 25.3 Å². The molecule has 0 fully saturated rings. The lowest BCUT2D eigenvalue weighted by Crippen LogP contribution is -3.07. The summed E-state index contributed by atoms with van der Waals surface area (Å²) in [6, 6.07) is 18.7. The summed E-state index contributed by atoms with van der Waals surface area (Å²) >= 11 is 5.65. The average molecular weight is 408 g/mol. The molecule has 0 saturated heterocycles. The monoisotopic (exact) mass is 407 g/mol. The zero-order valence-corrected chi connectivity index (χ0v) is 18.0. The minimum atomic E-state index is 0.712. The summed E-state index contributed by atoms with van der Waals surface area (Å²) in [4.78, 5) is 1.31. The van der Waals surface area contributed by atoms with Crippen LogP contribution < -0.4 is 4.90 Å². The highest BCUT2D eigenvalue weighted by molar-refractivity contribution is 7.71. The Morgan fingerprint density at radius 3 is 2.55 bits per heavy atom. The summed E-state index contributed by atoms with van der Waals surface area (Å²) in [5.41, 5.74) is 3.49. The van der Waals surface area contributed by atoms with E-state index in [1.165, 1.54) is 21.4 Å². The lowest BCUT2D eigenvalue weighted by molar-refractivity contribution is -0.917. The fourth-order valence-electron chi connectivity index (χ4n) is 3.81. The normalized spacial score (nSPS) is 12.5. The molecule has 0 bridgehead atoms. The summed E-state index contributed by atoms with van der Waals surface area (Å²) in [5, 5.41) is 6.02. The van der Waals surface area contributed by atoms with Crippen molar-refractivity contribution in [3.8, 4) is 0 Å². The molecule has 0 saturated carbocycles. The molecule has 4 rings (SSSR count). The van der Waals surface area contributed by atoms with Crippen LogP contribution in [-0.2, 0) is 33.1 Å². The molecule has 29 heavy (non-hydrogen) atoms. The van der Waals surface area contributed by atoms with Crippen LogP contribution in [0, 0.1) is 4.77 Å². The van der Waals surface area contributed by atoms with Crippen LogP contribution in [0.25, 0.3) is 11.0 Å². The Bertz CT molecular complexity index is 1170. The van der Waals surface area contributed by atoms with Crippen molar-refractivity contribution in [3.63, 3.8) is 0 Å². The smallest absolute Gasteiger partial charge is 0.202 e. The summed E-state index contributed by atoms with van der Waals surface area (Å²) in [6.45, 7) is 3.72. The van der Waals surface area contributed by atoms with Gasteiger partial charge in [-0.1, -0.05) is 55.5 Å². The molecule has 1 unspecified atom stereocenters. The van der Waals surface area contributed by atoms with Crippen molar-refractivity contribution in [1.29, 1.82) is 0 Å². The zero-order valence-electron chi connectivity index (χ0n) is 17.2. The first-order valence-electron chi connectivity index (χ1n) is 10.0. The number of hydrogen-bond donors (Lipinski definition) is 1. The Morgan fingerprint density at radius 2 is 1.79 bits per heavy atom. The third kappa shape index (κ3) is 4.04. The Morgan fingerprint density at radius 1 is 1.07 bits per heavy atom. The molecule has 0 aliphatic heterocycles. The van der Waals surface area contributed by atoms with Gasteiger partial charge in [0.1, 0.15) is 23.7 Å². The quantitative estimate of drug-likeness (QED) is 0.477. The van der Waals surface area contributed by atoms with Gasteiger partial charge < -0.3 is 13.9 Å². The highest BCUT2D eigenvalue weighted by atomic mass is 32.1. The largest absolute Gasteiger partial charge is 0.461 e. The Hall–Kier alpha value is -2.70. The number of rotatable bonds is 7. The van der Waals surface area contributed by atoms with E-state index in [1.807, 2.05) is 34.5 Å². The summed E-state index contributed by atoms with van der Waals surface area (Å²) in [6.07, 6.45) is 1.67. The molecule has 1 N–H and O–H groups in total. The van der Waals surface area contributed by atoms with Crippen LogP contribution in [0.5, 0.6) is 0 Å². The minimum absolute atomic E-state index is 0.712. The van der Waals surface area contributed by atoms with Crippen molar-refractivity contribution in [2.24, 2.45) is 7.05 Å². The maximum atomic E-state index is 6.05. The lowest BCUT2D eigenvalue weighted by Gasteiger charge is -2.14. The molecule has 0 spiro atoms. The molecule has 150 valence electrons. The van der Waals surface area contributed by atoms with Crippen LogP contribution in [0.1, 0.15) is 29.6 Å². The number of benzene rings is 2. The molecule has 2 aromatic carbocycles. The third-order valence-electron chi connectivity index (χ3n) is 5.34. The standard InChI is InChI=1S/C23H26N4OS/c1-4-20-19(18-12-8-9-13-21(18)28-20)15-25(2)16-27-23(29)26(3)22(24-27)14-17-10-6-5-7-11-17/h5-13H,4,14-16H2,1-3H3/p+1. The van der Waals surface area contributed by atoms with Gasteiger partial charge in [-0.2, -0.15) is 9.78 Å². The van der Waals surface area contributed by atoms with Crippen molar-refractivity contribution >= 4 is 23.2 Å². The van der Waals surface area contributed by atoms with Crippen LogP contribution in [-0.4, -0.2) is 21.4 Å². The second-order valence-corrected chi connectivity index (χ2v) is 7.93. The number of aryl methyl sites for hydroxylation is 1. The molecule has 0 aliphatic carbocycles. The Balaban J connectivity index is 1.54. The SMILES string of the molecule is CCc1oc2ccccc2c1C[NH+](C)Cn1nc(Cc2ccccc2)n(C)c1=S. The molecule has 0 amide bonds. The van der Waals surface area contributed by atoms with Gasteiger partial charge >= 0.3 is 0 Å². The number of para-hydroxylation sites is 1. The third-order valence-corrected chi connectivity index (χ3v) is 5.82. The molecular weight excluding hydrogens is 380 g/mol. The average Bonchev–Trinajstić information content (AvgIpc) is 3.21. The number of fused-ring (bicyclic) bond motifs is 1. The Labute approximate surface area is 176 Å². The number of nitrogens with one attached hydrogen (secondary N) is 1. The summed E-state index contributed by atoms with van der Waals surface area (Å²) in [5.74, 6) is 2.05. The van der Waals surface area contributed by atoms with Crippen LogP contribution in [0.15, 0.2) is 59.0 Å². The lowest BCUT2D eigenvalue weighted by atomic mass is 10.1. The first-order valence-corrected chi connectivity index (χ1v) is 10.4. The van der Waals surface area contributed by atoms with Crippen LogP contribution in [0.3, 0.4) is 0 Å². The fraction of sp³-hybridized carbons (Fsp3) is 0.304. The van der Waals surface area contributed by atoms with E-state index < -0.39 is 0 Å². The predicted molar refractivity (Wildman–Crippen MR) is 117 cm³/mol. The maximum absolute atomic E-state index is 6.05. The van der Waals surface area contributed by atoms with Gasteiger partial charge in [-0.25, -0.2) is 0 Å². The summed E-state index contributed by atoms with van der Waals surface area (Å²) in [7, 11) is 4.17. The molecule has 6 heteroatoms. The second kappa shape index (κ2) is 8.35. The van der Waals surface area contributed by atoms with Gasteiger partial charge in [-0.3, -0.25) is 0 Å². The summed E-state index contributed by atoms with van der Waals surface area (Å²) < 4.78 is 10.8. The molecular formula is C23H27N4OS+. The molecule has 2 heterocycles. The number of hydrogen-bond acceptors (Lipinski definition) is 3. The highest BCUT2D eigenvalue weighted by Crippen LogP contribution is 2.25. The van der Waals surface area contributed by atoms with Crippen molar-refractivity contribution in [1.82, 2.24) is 14.3 Å². The number of nitrogens with zero attached hydrogens (tertiary/aromatic N) is 3. The molecule has 0 aliphatic rings. The van der Waals surface area contributed by atoms with E-state index in [4.69, 9.17) is 21.7 Å². The van der Waals surface area contributed by atoms with Crippen molar-refractivity contribution in [3.05, 3.63) is 82.1 Å². The molecule has 0 radical (unpaired) electrons. The first kappa shape index (κ1) is 19.6. The second-order valence-electron chi connectivity index (χ2n) is 7.57. The predicted octanol–water partition coefficient (Wildman–Crippen LogP) is 3.52. The van der Waals surface area contributed by atoms with Gasteiger partial charge in [-0.15, -0.1) is 0 Å². The van der Waals surface area contributed by atoms with E-state index >= 15 is 0 Å².